The molecule has 0 spiro atoms. The Balaban J connectivity index is 1.88. The molecule has 1 aromatic rings. The van der Waals surface area contributed by atoms with Gasteiger partial charge < -0.3 is 14.7 Å². The molecule has 0 saturated carbocycles. The number of β-lactam (4-membered cyclic amide) rings is 1. The molecule has 0 bridgehead atoms. The molecule has 1 amide bonds. The van der Waals surface area contributed by atoms with E-state index in [0.29, 0.717) is 16.8 Å². The fraction of sp³-hybridized carbons (Fsp3) is 0.176. The number of methoxy groups -OCH3 is 1. The standard InChI is InChI=1S/C17H14N2O5S/c1-24-13(20)6-5-10-9-25-16-12(8-11-4-2-3-7-18-11)15(21)19(16)14(10)17(22)23/h2-9,14,16H,1H3,(H,22,23)/b6-5+,12-8-/t14?,16-/m0/s1. The third kappa shape index (κ3) is 3.20. The molecule has 0 aromatic carbocycles. The van der Waals surface area contributed by atoms with Crippen molar-refractivity contribution in [1.29, 1.82) is 0 Å². The van der Waals surface area contributed by atoms with Gasteiger partial charge in [0.25, 0.3) is 5.91 Å². The maximum atomic E-state index is 12.5. The number of thioether (sulfide) groups is 1. The van der Waals surface area contributed by atoms with Crippen molar-refractivity contribution < 1.29 is 24.2 Å². The molecule has 1 aromatic heterocycles. The molecule has 1 fully saturated rings. The van der Waals surface area contributed by atoms with E-state index < -0.39 is 18.0 Å². The first-order chi connectivity index (χ1) is 12.0. The monoisotopic (exact) mass is 358 g/mol. The highest BCUT2D eigenvalue weighted by Crippen LogP contribution is 2.44. The summed E-state index contributed by atoms with van der Waals surface area (Å²) < 4.78 is 4.50. The van der Waals surface area contributed by atoms with Gasteiger partial charge in [0.1, 0.15) is 5.37 Å². The van der Waals surface area contributed by atoms with E-state index in [4.69, 9.17) is 0 Å². The quantitative estimate of drug-likeness (QED) is 0.494. The van der Waals surface area contributed by atoms with Gasteiger partial charge in [-0.15, -0.1) is 11.8 Å². The molecule has 128 valence electrons. The lowest BCUT2D eigenvalue weighted by Crippen LogP contribution is -2.61. The minimum atomic E-state index is -1.16. The predicted octanol–water partition coefficient (Wildman–Crippen LogP) is 1.45. The Hall–Kier alpha value is -2.87. The van der Waals surface area contributed by atoms with Gasteiger partial charge in [0.2, 0.25) is 0 Å². The molecule has 25 heavy (non-hydrogen) atoms. The van der Waals surface area contributed by atoms with Crippen molar-refractivity contribution in [2.24, 2.45) is 0 Å². The van der Waals surface area contributed by atoms with Crippen LogP contribution in [0.5, 0.6) is 0 Å². The molecule has 3 heterocycles. The number of esters is 1. The van der Waals surface area contributed by atoms with Crippen molar-refractivity contribution in [3.63, 3.8) is 0 Å². The van der Waals surface area contributed by atoms with E-state index in [9.17, 15) is 19.5 Å². The smallest absolute Gasteiger partial charge is 0.331 e. The summed E-state index contributed by atoms with van der Waals surface area (Å²) in [4.78, 5) is 40.8. The fourth-order valence-corrected chi connectivity index (χ4v) is 3.74. The van der Waals surface area contributed by atoms with Gasteiger partial charge in [0, 0.05) is 12.3 Å². The van der Waals surface area contributed by atoms with Gasteiger partial charge >= 0.3 is 11.9 Å². The van der Waals surface area contributed by atoms with Gasteiger partial charge in [-0.1, -0.05) is 6.07 Å². The topological polar surface area (TPSA) is 96.8 Å². The van der Waals surface area contributed by atoms with Crippen LogP contribution in [0.15, 0.2) is 53.1 Å². The number of hydrogen-bond donors (Lipinski definition) is 1. The molecule has 8 heteroatoms. The SMILES string of the molecule is COC(=O)/C=C/C1=CS[C@H]2/C(=C\c3ccccn3)C(=O)N2C1C(=O)O. The van der Waals surface area contributed by atoms with E-state index in [2.05, 4.69) is 9.72 Å². The average molecular weight is 358 g/mol. The Kier molecular flexibility index (Phi) is 4.71. The van der Waals surface area contributed by atoms with Crippen LogP contribution in [0.4, 0.5) is 0 Å². The van der Waals surface area contributed by atoms with E-state index in [1.54, 1.807) is 29.8 Å². The van der Waals surface area contributed by atoms with Crippen molar-refractivity contribution in [2.75, 3.05) is 7.11 Å². The molecule has 2 aliphatic heterocycles. The molecule has 0 aliphatic carbocycles. The Bertz CT molecular complexity index is 816. The molecular formula is C17H14N2O5S. The number of fused-ring (bicyclic) bond motifs is 1. The summed E-state index contributed by atoms with van der Waals surface area (Å²) in [7, 11) is 1.23. The number of nitrogens with zero attached hydrogens (tertiary/aromatic N) is 2. The maximum absolute atomic E-state index is 12.5. The van der Waals surface area contributed by atoms with Crippen LogP contribution >= 0.6 is 11.8 Å². The highest BCUT2D eigenvalue weighted by atomic mass is 32.2. The van der Waals surface area contributed by atoms with E-state index in [1.807, 2.05) is 6.07 Å². The lowest BCUT2D eigenvalue weighted by molar-refractivity contribution is -0.150. The molecule has 1 N–H and O–H groups in total. The number of rotatable bonds is 4. The van der Waals surface area contributed by atoms with Gasteiger partial charge in [-0.2, -0.15) is 0 Å². The first-order valence-corrected chi connectivity index (χ1v) is 8.27. The Morgan fingerprint density at radius 3 is 2.84 bits per heavy atom. The second kappa shape index (κ2) is 6.94. The van der Waals surface area contributed by atoms with Crippen LogP contribution in [0.3, 0.4) is 0 Å². The number of carboxylic acid groups (broad SMARTS) is 1. The Labute approximate surface area is 147 Å². The van der Waals surface area contributed by atoms with Crippen LogP contribution in [-0.4, -0.2) is 51.4 Å². The highest BCUT2D eigenvalue weighted by Gasteiger charge is 2.51. The van der Waals surface area contributed by atoms with Crippen LogP contribution in [-0.2, 0) is 19.1 Å². The molecule has 2 aliphatic rings. The van der Waals surface area contributed by atoms with Gasteiger partial charge in [-0.25, -0.2) is 9.59 Å². The van der Waals surface area contributed by atoms with Crippen LogP contribution < -0.4 is 0 Å². The van der Waals surface area contributed by atoms with Gasteiger partial charge in [0.15, 0.2) is 6.04 Å². The number of pyridine rings is 1. The number of carbonyl (C=O) groups is 3. The second-order valence-electron chi connectivity index (χ2n) is 5.27. The summed E-state index contributed by atoms with van der Waals surface area (Å²) in [5.41, 5.74) is 1.49. The zero-order valence-electron chi connectivity index (χ0n) is 13.2. The van der Waals surface area contributed by atoms with Crippen molar-refractivity contribution in [3.05, 3.63) is 58.8 Å². The highest BCUT2D eigenvalue weighted by molar-refractivity contribution is 8.03. The minimum Gasteiger partial charge on any atom is -0.479 e. The van der Waals surface area contributed by atoms with E-state index in [-0.39, 0.29) is 11.3 Å². The fourth-order valence-electron chi connectivity index (χ4n) is 2.58. The molecule has 3 rings (SSSR count). The third-order valence-electron chi connectivity index (χ3n) is 3.77. The summed E-state index contributed by atoms with van der Waals surface area (Å²) >= 11 is 1.31. The van der Waals surface area contributed by atoms with Crippen LogP contribution in [0.2, 0.25) is 0 Å². The van der Waals surface area contributed by atoms with Crippen LogP contribution in [0.1, 0.15) is 5.69 Å². The summed E-state index contributed by atoms with van der Waals surface area (Å²) in [5.74, 6) is -2.10. The second-order valence-corrected chi connectivity index (χ2v) is 6.22. The molecule has 0 radical (unpaired) electrons. The van der Waals surface area contributed by atoms with Gasteiger partial charge in [0.05, 0.1) is 18.4 Å². The molecule has 1 unspecified atom stereocenters. The number of amides is 1. The summed E-state index contributed by atoms with van der Waals surface area (Å²) in [6.07, 6.45) is 5.79. The number of carbonyl (C=O) groups excluding carboxylic acids is 2. The van der Waals surface area contributed by atoms with E-state index in [1.165, 1.54) is 29.8 Å². The predicted molar refractivity (Wildman–Crippen MR) is 91.1 cm³/mol. The Morgan fingerprint density at radius 2 is 2.20 bits per heavy atom. The molecular weight excluding hydrogens is 344 g/mol. The van der Waals surface area contributed by atoms with Crippen molar-refractivity contribution >= 4 is 35.7 Å². The largest absolute Gasteiger partial charge is 0.479 e. The summed E-state index contributed by atoms with van der Waals surface area (Å²) in [6, 6.07) is 4.21. The third-order valence-corrected chi connectivity index (χ3v) is 4.91. The first-order valence-electron chi connectivity index (χ1n) is 7.32. The number of aromatic nitrogens is 1. The van der Waals surface area contributed by atoms with Crippen LogP contribution in [0, 0.1) is 0 Å². The van der Waals surface area contributed by atoms with Gasteiger partial charge in [-0.05, 0) is 35.3 Å². The van der Waals surface area contributed by atoms with E-state index >= 15 is 0 Å². The normalized spacial score (nSPS) is 23.9. The minimum absolute atomic E-state index is 0.351. The van der Waals surface area contributed by atoms with Crippen molar-refractivity contribution in [1.82, 2.24) is 9.88 Å². The van der Waals surface area contributed by atoms with Crippen molar-refractivity contribution in [2.45, 2.75) is 11.4 Å². The van der Waals surface area contributed by atoms with Crippen LogP contribution in [0.25, 0.3) is 6.08 Å². The van der Waals surface area contributed by atoms with Gasteiger partial charge in [-0.3, -0.25) is 9.78 Å². The lowest BCUT2D eigenvalue weighted by Gasteiger charge is -2.47. The summed E-state index contributed by atoms with van der Waals surface area (Å²) in [5, 5.41) is 10.8. The van der Waals surface area contributed by atoms with E-state index in [0.717, 1.165) is 6.08 Å². The van der Waals surface area contributed by atoms with Crippen molar-refractivity contribution in [3.8, 4) is 0 Å². The maximum Gasteiger partial charge on any atom is 0.331 e. The zero-order chi connectivity index (χ0) is 18.0. The molecule has 7 nitrogen and oxygen atoms in total. The Morgan fingerprint density at radius 1 is 1.40 bits per heavy atom. The molecule has 2 atom stereocenters. The number of ether oxygens (including phenoxy) is 1. The average Bonchev–Trinajstić information content (AvgIpc) is 2.63. The summed E-state index contributed by atoms with van der Waals surface area (Å²) in [6.45, 7) is 0. The number of carboxylic acids is 1. The number of aliphatic carboxylic acids is 1. The molecule has 1 saturated heterocycles. The first kappa shape index (κ1) is 17.0. The lowest BCUT2D eigenvalue weighted by atomic mass is 9.96. The zero-order valence-corrected chi connectivity index (χ0v) is 14.0. The number of hydrogen-bond acceptors (Lipinski definition) is 6.